The number of hydrogen-bond donors (Lipinski definition) is 1. The Morgan fingerprint density at radius 3 is 2.73 bits per heavy atom. The molecule has 0 saturated heterocycles. The molecular weight excluding hydrogens is 146 g/mol. The van der Waals surface area contributed by atoms with E-state index in [4.69, 9.17) is 5.73 Å². The fourth-order valence-electron chi connectivity index (χ4n) is 0.859. The summed E-state index contributed by atoms with van der Waals surface area (Å²) in [7, 11) is 0. The molecule has 5 heteroatoms. The van der Waals surface area contributed by atoms with Crippen LogP contribution in [0.3, 0.4) is 0 Å². The van der Waals surface area contributed by atoms with E-state index in [2.05, 4.69) is 9.79 Å². The molecule has 1 aromatic heterocycles. The van der Waals surface area contributed by atoms with E-state index in [-0.39, 0.29) is 12.6 Å². The average molecular weight is 157 g/mol. The van der Waals surface area contributed by atoms with Crippen molar-refractivity contribution in [3.05, 3.63) is 5.69 Å². The molecule has 0 aromatic carbocycles. The summed E-state index contributed by atoms with van der Waals surface area (Å²) in [6.07, 6.45) is 0. The average Bonchev–Trinajstić information content (AvgIpc) is 2.30. The van der Waals surface area contributed by atoms with Gasteiger partial charge in [0.25, 0.3) is 0 Å². The zero-order valence-electron chi connectivity index (χ0n) is 6.57. The van der Waals surface area contributed by atoms with E-state index in [1.807, 2.05) is 13.8 Å². The van der Waals surface area contributed by atoms with Crippen molar-refractivity contribution in [2.24, 2.45) is 5.73 Å². The molecule has 2 N–H and O–H groups in total. The molecule has 0 aliphatic carbocycles. The van der Waals surface area contributed by atoms with Crippen molar-refractivity contribution in [1.82, 2.24) is 5.27 Å². The molecule has 11 heavy (non-hydrogen) atoms. The zero-order valence-corrected chi connectivity index (χ0v) is 6.57. The lowest BCUT2D eigenvalue weighted by molar-refractivity contribution is -0.785. The summed E-state index contributed by atoms with van der Waals surface area (Å²) in [6, 6.07) is 0.111. The zero-order chi connectivity index (χ0) is 8.43. The van der Waals surface area contributed by atoms with Gasteiger partial charge < -0.3 is 15.4 Å². The molecular formula is C6H11N3O2. The van der Waals surface area contributed by atoms with Crippen molar-refractivity contribution >= 4 is 0 Å². The maximum absolute atomic E-state index is 10.8. The molecule has 0 spiro atoms. The van der Waals surface area contributed by atoms with Crippen LogP contribution in [0.2, 0.25) is 0 Å². The van der Waals surface area contributed by atoms with Crippen molar-refractivity contribution < 1.29 is 14.3 Å². The van der Waals surface area contributed by atoms with Gasteiger partial charge in [-0.1, -0.05) is 4.68 Å². The molecule has 0 amide bonds. The third kappa shape index (κ3) is 1.32. The van der Waals surface area contributed by atoms with Gasteiger partial charge in [0.1, 0.15) is 0 Å². The predicted octanol–water partition coefficient (Wildman–Crippen LogP) is -0.925. The summed E-state index contributed by atoms with van der Waals surface area (Å²) in [5, 5.41) is 14.4. The van der Waals surface area contributed by atoms with Crippen molar-refractivity contribution in [2.75, 3.05) is 0 Å². The number of rotatable bonds is 2. The van der Waals surface area contributed by atoms with Crippen LogP contribution in [0, 0.1) is 0 Å². The number of aromatic nitrogens is 2. The molecule has 0 unspecified atom stereocenters. The van der Waals surface area contributed by atoms with Gasteiger partial charge in [0, 0.05) is 0 Å². The lowest BCUT2D eigenvalue weighted by atomic mass is 10.3. The molecule has 0 atom stereocenters. The fourth-order valence-corrected chi connectivity index (χ4v) is 0.859. The van der Waals surface area contributed by atoms with Crippen LogP contribution in [-0.2, 0) is 6.54 Å². The molecule has 1 rings (SSSR count). The summed E-state index contributed by atoms with van der Waals surface area (Å²) < 4.78 is 5.91. The van der Waals surface area contributed by atoms with Crippen LogP contribution >= 0.6 is 0 Å². The minimum absolute atomic E-state index is 0.111. The van der Waals surface area contributed by atoms with Crippen LogP contribution in [0.1, 0.15) is 25.6 Å². The van der Waals surface area contributed by atoms with E-state index in [0.717, 1.165) is 0 Å². The summed E-state index contributed by atoms with van der Waals surface area (Å²) in [4.78, 5) is 0. The minimum Gasteiger partial charge on any atom is -0.539 e. The first-order valence-corrected chi connectivity index (χ1v) is 3.44. The van der Waals surface area contributed by atoms with Crippen molar-refractivity contribution in [3.8, 4) is 5.95 Å². The largest absolute Gasteiger partial charge is 0.539 e. The van der Waals surface area contributed by atoms with Gasteiger partial charge in [0.2, 0.25) is 5.69 Å². The molecule has 0 radical (unpaired) electrons. The lowest BCUT2D eigenvalue weighted by Gasteiger charge is -1.95. The first-order chi connectivity index (χ1) is 5.16. The minimum atomic E-state index is -0.443. The number of nitrogens with two attached hydrogens (primary N) is 1. The highest BCUT2D eigenvalue weighted by atomic mass is 16.6. The Hall–Kier alpha value is -1.10. The molecule has 0 aliphatic heterocycles. The van der Waals surface area contributed by atoms with Crippen LogP contribution in [0.5, 0.6) is 5.95 Å². The third-order valence-electron chi connectivity index (χ3n) is 1.41. The van der Waals surface area contributed by atoms with Gasteiger partial charge in [-0.05, 0) is 13.8 Å². The molecule has 0 fully saturated rings. The van der Waals surface area contributed by atoms with Crippen molar-refractivity contribution in [3.63, 3.8) is 0 Å². The molecule has 62 valence electrons. The Labute approximate surface area is 64.4 Å². The van der Waals surface area contributed by atoms with Gasteiger partial charge in [-0.3, -0.25) is 0 Å². The first-order valence-electron chi connectivity index (χ1n) is 3.44. The van der Waals surface area contributed by atoms with E-state index in [0.29, 0.717) is 5.69 Å². The van der Waals surface area contributed by atoms with E-state index >= 15 is 0 Å². The van der Waals surface area contributed by atoms with Gasteiger partial charge in [0.15, 0.2) is 12.0 Å². The summed E-state index contributed by atoms with van der Waals surface area (Å²) in [5.41, 5.74) is 5.73. The Morgan fingerprint density at radius 1 is 1.73 bits per heavy atom. The van der Waals surface area contributed by atoms with E-state index < -0.39 is 5.95 Å². The van der Waals surface area contributed by atoms with Crippen LogP contribution < -0.4 is 15.5 Å². The highest BCUT2D eigenvalue weighted by Gasteiger charge is 2.18. The summed E-state index contributed by atoms with van der Waals surface area (Å²) >= 11 is 0. The van der Waals surface area contributed by atoms with Gasteiger partial charge >= 0.3 is 0 Å². The normalized spacial score (nSPS) is 10.9. The molecule has 0 bridgehead atoms. The van der Waals surface area contributed by atoms with Crippen LogP contribution in [-0.4, -0.2) is 5.27 Å². The first kappa shape index (κ1) is 8.00. The van der Waals surface area contributed by atoms with Crippen molar-refractivity contribution in [2.45, 2.75) is 26.4 Å². The van der Waals surface area contributed by atoms with Gasteiger partial charge in [0.05, 0.1) is 11.8 Å². The summed E-state index contributed by atoms with van der Waals surface area (Å²) in [5.74, 6) is -0.443. The second-order valence-electron chi connectivity index (χ2n) is 2.55. The lowest BCUT2D eigenvalue weighted by Crippen LogP contribution is -2.42. The molecule has 1 heterocycles. The Bertz CT molecular complexity index is 244. The maximum atomic E-state index is 10.8. The van der Waals surface area contributed by atoms with E-state index in [9.17, 15) is 5.11 Å². The quantitative estimate of drug-likeness (QED) is 0.563. The number of hydrogen-bond acceptors (Lipinski definition) is 4. The number of nitrogens with zero attached hydrogens (tertiary/aromatic N) is 2. The van der Waals surface area contributed by atoms with Gasteiger partial charge in [-0.2, -0.15) is 0 Å². The topological polar surface area (TPSA) is 79.0 Å². The SMILES string of the molecule is CC(C)[n+]1noc([O-])c1CN. The molecule has 0 aliphatic rings. The third-order valence-corrected chi connectivity index (χ3v) is 1.41. The maximum Gasteiger partial charge on any atom is 0.247 e. The smallest absolute Gasteiger partial charge is 0.247 e. The molecule has 0 saturated carbocycles. The van der Waals surface area contributed by atoms with E-state index in [1.165, 1.54) is 4.68 Å². The Morgan fingerprint density at radius 2 is 2.36 bits per heavy atom. The Balaban J connectivity index is 3.05. The van der Waals surface area contributed by atoms with Gasteiger partial charge in [-0.15, -0.1) is 0 Å². The second-order valence-corrected chi connectivity index (χ2v) is 2.55. The fraction of sp³-hybridized carbons (Fsp3) is 0.667. The highest BCUT2D eigenvalue weighted by Crippen LogP contribution is 2.07. The second kappa shape index (κ2) is 2.87. The monoisotopic (exact) mass is 157 g/mol. The Kier molecular flexibility index (Phi) is 2.09. The molecule has 5 nitrogen and oxygen atoms in total. The van der Waals surface area contributed by atoms with Crippen LogP contribution in [0.15, 0.2) is 4.52 Å². The van der Waals surface area contributed by atoms with Crippen molar-refractivity contribution in [1.29, 1.82) is 0 Å². The van der Waals surface area contributed by atoms with Crippen LogP contribution in [0.4, 0.5) is 0 Å². The standard InChI is InChI=1S/C6H11N3O2/c1-4(2)9-5(3-7)6(10)11-8-9/h4H,3,7H2,1-2H3. The summed E-state index contributed by atoms with van der Waals surface area (Å²) in [6.45, 7) is 3.97. The van der Waals surface area contributed by atoms with Gasteiger partial charge in [-0.25, -0.2) is 0 Å². The predicted molar refractivity (Wildman–Crippen MR) is 34.4 cm³/mol. The molecule has 1 aromatic rings. The van der Waals surface area contributed by atoms with Crippen LogP contribution in [0.25, 0.3) is 0 Å². The highest BCUT2D eigenvalue weighted by molar-refractivity contribution is 5.01. The van der Waals surface area contributed by atoms with E-state index in [1.54, 1.807) is 0 Å².